The van der Waals surface area contributed by atoms with Gasteiger partial charge in [-0.3, -0.25) is 14.4 Å². The van der Waals surface area contributed by atoms with E-state index in [2.05, 4.69) is 21.2 Å². The summed E-state index contributed by atoms with van der Waals surface area (Å²) in [7, 11) is 1.54. The number of carbonyl (C=O) groups is 3. The topological polar surface area (TPSA) is 75.7 Å². The minimum absolute atomic E-state index is 0.220. The summed E-state index contributed by atoms with van der Waals surface area (Å²) in [5.74, 6) is -1.30. The van der Waals surface area contributed by atoms with Crippen molar-refractivity contribution in [3.8, 4) is 5.75 Å². The molecule has 6 nitrogen and oxygen atoms in total. The minimum Gasteiger partial charge on any atom is -0.497 e. The van der Waals surface area contributed by atoms with E-state index in [1.165, 1.54) is 0 Å². The molecule has 1 spiro atoms. The van der Waals surface area contributed by atoms with Gasteiger partial charge in [0.2, 0.25) is 5.91 Å². The summed E-state index contributed by atoms with van der Waals surface area (Å²) in [5.41, 5.74) is 2.62. The molecule has 1 N–H and O–H groups in total. The van der Waals surface area contributed by atoms with Gasteiger partial charge in [0.05, 0.1) is 19.1 Å². The molecule has 0 aromatic heterocycles. The predicted molar refractivity (Wildman–Crippen MR) is 162 cm³/mol. The molecule has 7 rings (SSSR count). The molecule has 3 aliphatic heterocycles. The lowest BCUT2D eigenvalue weighted by molar-refractivity contribution is -0.121. The molecule has 4 atom stereocenters. The number of Topliss-reactive ketones (excluding diaryl/α,β-unsaturated/α-hetero) is 2. The summed E-state index contributed by atoms with van der Waals surface area (Å²) in [4.78, 5) is 45.9. The molecule has 202 valence electrons. The number of hydrogen-bond donors (Lipinski definition) is 1. The highest BCUT2D eigenvalue weighted by Crippen LogP contribution is 2.58. The van der Waals surface area contributed by atoms with Crippen molar-refractivity contribution < 1.29 is 19.1 Å². The lowest BCUT2D eigenvalue weighted by Crippen LogP contribution is -2.51. The van der Waals surface area contributed by atoms with Gasteiger partial charge in [-0.05, 0) is 47.5 Å². The second-order valence-corrected chi connectivity index (χ2v) is 11.4. The fourth-order valence-corrected chi connectivity index (χ4v) is 7.12. The van der Waals surface area contributed by atoms with E-state index in [1.807, 2.05) is 77.7 Å². The first-order valence-electron chi connectivity index (χ1n) is 13.4. The molecule has 4 aromatic carbocycles. The molecular weight excluding hydrogens is 580 g/mol. The lowest BCUT2D eigenvalue weighted by Gasteiger charge is -2.37. The van der Waals surface area contributed by atoms with E-state index >= 15 is 0 Å². The third-order valence-electron chi connectivity index (χ3n) is 8.58. The van der Waals surface area contributed by atoms with Crippen LogP contribution in [0.3, 0.4) is 0 Å². The van der Waals surface area contributed by atoms with Gasteiger partial charge in [-0.2, -0.15) is 0 Å². The SMILES string of the molecule is COc1cccc(C(=O)[C@@H]2[C@H](C(=O)c3ccc(Br)cc3)N3c4ccccc4C=C[C@H]3[C@@]23C(=O)Nc2ccccc23)c1. The molecule has 0 bridgehead atoms. The predicted octanol–water partition coefficient (Wildman–Crippen LogP) is 6.31. The number of nitrogens with zero attached hydrogens (tertiary/aromatic N) is 1. The lowest BCUT2D eigenvalue weighted by atomic mass is 9.64. The molecule has 1 fully saturated rings. The number of para-hydroxylation sites is 2. The second kappa shape index (κ2) is 9.56. The Labute approximate surface area is 245 Å². The maximum Gasteiger partial charge on any atom is 0.238 e. The number of amides is 1. The number of halogens is 1. The van der Waals surface area contributed by atoms with Crippen LogP contribution in [0.25, 0.3) is 6.08 Å². The number of ether oxygens (including phenoxy) is 1. The molecule has 0 unspecified atom stereocenters. The first kappa shape index (κ1) is 25.5. The Kier molecular flexibility index (Phi) is 5.94. The van der Waals surface area contributed by atoms with E-state index in [0.717, 1.165) is 21.3 Å². The van der Waals surface area contributed by atoms with Gasteiger partial charge in [-0.15, -0.1) is 0 Å². The Morgan fingerprint density at radius 3 is 2.44 bits per heavy atom. The average molecular weight is 605 g/mol. The zero-order valence-electron chi connectivity index (χ0n) is 22.1. The fraction of sp³-hybridized carbons (Fsp3) is 0.147. The highest BCUT2D eigenvalue weighted by Gasteiger charge is 2.70. The number of methoxy groups -OCH3 is 1. The molecule has 41 heavy (non-hydrogen) atoms. The van der Waals surface area contributed by atoms with Gasteiger partial charge in [0.1, 0.15) is 17.2 Å². The molecule has 3 aliphatic rings. The monoisotopic (exact) mass is 604 g/mol. The van der Waals surface area contributed by atoms with Gasteiger partial charge in [0.15, 0.2) is 11.6 Å². The number of fused-ring (bicyclic) bond motifs is 6. The molecule has 0 radical (unpaired) electrons. The summed E-state index contributed by atoms with van der Waals surface area (Å²) < 4.78 is 6.28. The van der Waals surface area contributed by atoms with Crippen LogP contribution in [0.15, 0.2) is 108 Å². The van der Waals surface area contributed by atoms with Crippen molar-refractivity contribution in [2.45, 2.75) is 17.5 Å². The fourth-order valence-electron chi connectivity index (χ4n) is 6.86. The van der Waals surface area contributed by atoms with Crippen LogP contribution in [0.1, 0.15) is 31.8 Å². The molecule has 1 amide bonds. The number of hydrogen-bond acceptors (Lipinski definition) is 5. The van der Waals surface area contributed by atoms with Crippen molar-refractivity contribution in [3.05, 3.63) is 130 Å². The zero-order valence-corrected chi connectivity index (χ0v) is 23.7. The van der Waals surface area contributed by atoms with Crippen LogP contribution >= 0.6 is 15.9 Å². The summed E-state index contributed by atoms with van der Waals surface area (Å²) in [6.45, 7) is 0. The quantitative estimate of drug-likeness (QED) is 0.270. The molecule has 1 saturated heterocycles. The third-order valence-corrected chi connectivity index (χ3v) is 9.10. The minimum atomic E-state index is -1.35. The number of carbonyl (C=O) groups excluding carboxylic acids is 3. The van der Waals surface area contributed by atoms with Crippen molar-refractivity contribution in [1.29, 1.82) is 0 Å². The van der Waals surface area contributed by atoms with Crippen molar-refractivity contribution in [2.24, 2.45) is 5.92 Å². The highest BCUT2D eigenvalue weighted by atomic mass is 79.9. The van der Waals surface area contributed by atoms with Gasteiger partial charge >= 0.3 is 0 Å². The van der Waals surface area contributed by atoms with Crippen molar-refractivity contribution >= 4 is 50.9 Å². The van der Waals surface area contributed by atoms with Gasteiger partial charge < -0.3 is 15.0 Å². The first-order valence-corrected chi connectivity index (χ1v) is 14.2. The van der Waals surface area contributed by atoms with E-state index in [0.29, 0.717) is 22.6 Å². The Morgan fingerprint density at radius 2 is 1.63 bits per heavy atom. The third kappa shape index (κ3) is 3.65. The molecule has 0 saturated carbocycles. The number of rotatable bonds is 5. The van der Waals surface area contributed by atoms with E-state index in [9.17, 15) is 14.4 Å². The Bertz CT molecular complexity index is 1760. The normalized spacial score (nSPS) is 23.5. The maximum atomic E-state index is 14.8. The number of nitrogens with one attached hydrogen (secondary N) is 1. The van der Waals surface area contributed by atoms with Crippen LogP contribution in [0.2, 0.25) is 0 Å². The van der Waals surface area contributed by atoms with Crippen LogP contribution in [0, 0.1) is 5.92 Å². The number of ketones is 2. The molecular formula is C34H25BrN2O4. The Hall–Kier alpha value is -4.49. The van der Waals surface area contributed by atoms with Crippen molar-refractivity contribution in [1.82, 2.24) is 0 Å². The summed E-state index contributed by atoms with van der Waals surface area (Å²) in [6.07, 6.45) is 3.97. The van der Waals surface area contributed by atoms with Crippen molar-refractivity contribution in [2.75, 3.05) is 17.3 Å². The van der Waals surface area contributed by atoms with E-state index in [4.69, 9.17) is 4.74 Å². The molecule has 3 heterocycles. The smallest absolute Gasteiger partial charge is 0.238 e. The van der Waals surface area contributed by atoms with E-state index in [-0.39, 0.29) is 17.5 Å². The summed E-state index contributed by atoms with van der Waals surface area (Å²) in [6, 6.07) is 27.8. The number of anilines is 2. The molecule has 7 heteroatoms. The summed E-state index contributed by atoms with van der Waals surface area (Å²) >= 11 is 3.46. The second-order valence-electron chi connectivity index (χ2n) is 10.5. The maximum absolute atomic E-state index is 14.8. The highest BCUT2D eigenvalue weighted by molar-refractivity contribution is 9.10. The Morgan fingerprint density at radius 1 is 0.878 bits per heavy atom. The van der Waals surface area contributed by atoms with Crippen LogP contribution < -0.4 is 15.0 Å². The zero-order chi connectivity index (χ0) is 28.3. The average Bonchev–Trinajstić information content (AvgIpc) is 3.49. The van der Waals surface area contributed by atoms with Crippen LogP contribution in [0.4, 0.5) is 11.4 Å². The molecule has 0 aliphatic carbocycles. The van der Waals surface area contributed by atoms with Crippen LogP contribution in [0.5, 0.6) is 5.75 Å². The van der Waals surface area contributed by atoms with E-state index < -0.39 is 23.4 Å². The van der Waals surface area contributed by atoms with Gasteiger partial charge in [-0.1, -0.05) is 88.7 Å². The van der Waals surface area contributed by atoms with Gasteiger partial charge in [-0.25, -0.2) is 0 Å². The van der Waals surface area contributed by atoms with Gasteiger partial charge in [0.25, 0.3) is 0 Å². The standard InChI is InChI=1S/C34H25BrN2O4/c1-41-24-9-6-8-22(19-24)31(38)29-30(32(39)21-13-16-23(35)17-14-21)37-27-12-5-2-7-20(27)15-18-28(37)34(29)25-10-3-4-11-26(25)36-33(34)40/h2-19,28-30H,1H3,(H,36,40)/t28-,29-,30+,34+/m0/s1. The van der Waals surface area contributed by atoms with Crippen molar-refractivity contribution in [3.63, 3.8) is 0 Å². The largest absolute Gasteiger partial charge is 0.497 e. The van der Waals surface area contributed by atoms with Crippen LogP contribution in [-0.2, 0) is 10.2 Å². The first-order chi connectivity index (χ1) is 19.9. The summed E-state index contributed by atoms with van der Waals surface area (Å²) in [5, 5.41) is 3.06. The van der Waals surface area contributed by atoms with Gasteiger partial charge in [0, 0.05) is 27.0 Å². The van der Waals surface area contributed by atoms with E-state index in [1.54, 1.807) is 43.5 Å². The Balaban J connectivity index is 1.53. The molecule has 4 aromatic rings. The number of benzene rings is 4. The van der Waals surface area contributed by atoms with Crippen LogP contribution in [-0.4, -0.2) is 36.7 Å².